The van der Waals surface area contributed by atoms with E-state index in [9.17, 15) is 22.8 Å². The van der Waals surface area contributed by atoms with Crippen LogP contribution in [0.5, 0.6) is 0 Å². The van der Waals surface area contributed by atoms with Gasteiger partial charge in [-0.05, 0) is 23.8 Å². The maximum atomic E-state index is 14.6. The van der Waals surface area contributed by atoms with Crippen molar-refractivity contribution in [3.8, 4) is 0 Å². The lowest BCUT2D eigenvalue weighted by atomic mass is 10.0. The summed E-state index contributed by atoms with van der Waals surface area (Å²) in [5.74, 6) is -2.89. The molecule has 4 rings (SSSR count). The van der Waals surface area contributed by atoms with Crippen LogP contribution < -0.4 is 5.43 Å². The number of pyridine rings is 1. The van der Waals surface area contributed by atoms with Crippen molar-refractivity contribution in [3.63, 3.8) is 0 Å². The van der Waals surface area contributed by atoms with Crippen LogP contribution in [0.4, 0.5) is 13.2 Å². The van der Waals surface area contributed by atoms with E-state index < -0.39 is 28.7 Å². The monoisotopic (exact) mass is 393 g/mol. The fraction of sp³-hybridized carbons (Fsp3) is 0.0435. The fourth-order valence-electron chi connectivity index (χ4n) is 3.32. The van der Waals surface area contributed by atoms with Gasteiger partial charge in [-0.2, -0.15) is 0 Å². The summed E-state index contributed by atoms with van der Waals surface area (Å²) in [6.07, 6.45) is 1.24. The molecule has 0 aliphatic heterocycles. The summed E-state index contributed by atoms with van der Waals surface area (Å²) in [5.41, 5.74) is -0.354. The number of nitrogens with zero attached hydrogens (tertiary/aromatic N) is 1. The van der Waals surface area contributed by atoms with Crippen LogP contribution in [0.3, 0.4) is 0 Å². The van der Waals surface area contributed by atoms with Crippen LogP contribution in [-0.2, 0) is 6.54 Å². The van der Waals surface area contributed by atoms with Gasteiger partial charge >= 0.3 is 0 Å². The molecule has 0 spiro atoms. The Balaban J connectivity index is 1.97. The van der Waals surface area contributed by atoms with E-state index in [4.69, 9.17) is 0 Å². The Kier molecular flexibility index (Phi) is 4.76. The number of aromatic nitrogens is 1. The van der Waals surface area contributed by atoms with Gasteiger partial charge in [-0.15, -0.1) is 0 Å². The molecule has 0 amide bonds. The quantitative estimate of drug-likeness (QED) is 0.472. The zero-order chi connectivity index (χ0) is 20.5. The number of hydrogen-bond acceptors (Lipinski definition) is 2. The number of carbonyl (C=O) groups is 1. The van der Waals surface area contributed by atoms with Crippen LogP contribution >= 0.6 is 0 Å². The third-order valence-electron chi connectivity index (χ3n) is 4.61. The van der Waals surface area contributed by atoms with Crippen molar-refractivity contribution in [2.24, 2.45) is 0 Å². The van der Waals surface area contributed by atoms with Crippen molar-refractivity contribution >= 4 is 16.7 Å². The third-order valence-corrected chi connectivity index (χ3v) is 4.61. The Bertz CT molecular complexity index is 1300. The van der Waals surface area contributed by atoms with Gasteiger partial charge in [0.05, 0.1) is 16.5 Å². The van der Waals surface area contributed by atoms with E-state index in [1.54, 1.807) is 36.4 Å². The minimum Gasteiger partial charge on any atom is -0.340 e. The van der Waals surface area contributed by atoms with Gasteiger partial charge in [0.1, 0.15) is 11.6 Å². The number of hydrogen-bond donors (Lipinski definition) is 0. The number of carbonyl (C=O) groups excluding carboxylic acids is 1. The molecule has 1 aromatic heterocycles. The maximum absolute atomic E-state index is 14.6. The van der Waals surface area contributed by atoms with Crippen LogP contribution in [0, 0.1) is 17.5 Å². The highest BCUT2D eigenvalue weighted by molar-refractivity contribution is 6.10. The highest BCUT2D eigenvalue weighted by Gasteiger charge is 2.20. The Morgan fingerprint density at radius 3 is 2.34 bits per heavy atom. The molecule has 0 N–H and O–H groups in total. The number of fused-ring (bicyclic) bond motifs is 1. The highest BCUT2D eigenvalue weighted by Crippen LogP contribution is 2.21. The molecule has 1 heterocycles. The van der Waals surface area contributed by atoms with Crippen molar-refractivity contribution in [2.45, 2.75) is 6.54 Å². The first kappa shape index (κ1) is 18.7. The minimum atomic E-state index is -0.938. The van der Waals surface area contributed by atoms with Gasteiger partial charge in [-0.3, -0.25) is 9.59 Å². The van der Waals surface area contributed by atoms with Gasteiger partial charge in [0.25, 0.3) is 0 Å². The molecule has 0 atom stereocenters. The first-order chi connectivity index (χ1) is 13.9. The lowest BCUT2D eigenvalue weighted by Gasteiger charge is -2.14. The topological polar surface area (TPSA) is 39.1 Å². The Morgan fingerprint density at radius 1 is 0.862 bits per heavy atom. The summed E-state index contributed by atoms with van der Waals surface area (Å²) in [6, 6.07) is 15.4. The second-order valence-corrected chi connectivity index (χ2v) is 6.61. The van der Waals surface area contributed by atoms with Crippen molar-refractivity contribution < 1.29 is 18.0 Å². The van der Waals surface area contributed by atoms with E-state index in [1.807, 2.05) is 0 Å². The van der Waals surface area contributed by atoms with Crippen molar-refractivity contribution in [3.05, 3.63) is 117 Å². The van der Waals surface area contributed by atoms with Crippen LogP contribution in [0.2, 0.25) is 0 Å². The molecule has 29 heavy (non-hydrogen) atoms. The summed E-state index contributed by atoms with van der Waals surface area (Å²) in [7, 11) is 0. The molecule has 3 aromatic carbocycles. The molecule has 0 fully saturated rings. The van der Waals surface area contributed by atoms with Crippen molar-refractivity contribution in [2.75, 3.05) is 0 Å². The van der Waals surface area contributed by atoms with Crippen LogP contribution in [0.25, 0.3) is 10.9 Å². The number of rotatable bonds is 4. The zero-order valence-corrected chi connectivity index (χ0v) is 15.0. The molecule has 0 radical (unpaired) electrons. The number of benzene rings is 3. The first-order valence-corrected chi connectivity index (χ1v) is 8.80. The molecule has 0 aliphatic carbocycles. The summed E-state index contributed by atoms with van der Waals surface area (Å²) < 4.78 is 43.3. The molecule has 4 aromatic rings. The molecule has 0 aliphatic rings. The predicted molar refractivity (Wildman–Crippen MR) is 104 cm³/mol. The standard InChI is InChI=1S/C23H14F3NO2/c24-16-8-4-5-14(9-16)12-27-13-19(22(28)15-6-2-1-3-7-15)23(29)18-10-17(25)11-20(26)21(18)27/h1-11,13H,12H2. The second-order valence-electron chi connectivity index (χ2n) is 6.61. The van der Waals surface area contributed by atoms with Gasteiger partial charge < -0.3 is 4.57 Å². The Hall–Kier alpha value is -3.67. The first-order valence-electron chi connectivity index (χ1n) is 8.80. The summed E-state index contributed by atoms with van der Waals surface area (Å²) in [5, 5.41) is -0.249. The fourth-order valence-corrected chi connectivity index (χ4v) is 3.32. The van der Waals surface area contributed by atoms with Crippen LogP contribution in [0.15, 0.2) is 77.7 Å². The second kappa shape index (κ2) is 7.39. The van der Waals surface area contributed by atoms with Crippen LogP contribution in [-0.4, -0.2) is 10.4 Å². The number of ketones is 1. The zero-order valence-electron chi connectivity index (χ0n) is 15.0. The molecule has 144 valence electrons. The molecular weight excluding hydrogens is 379 g/mol. The normalized spacial score (nSPS) is 11.0. The van der Waals surface area contributed by atoms with E-state index in [0.29, 0.717) is 11.6 Å². The summed E-state index contributed by atoms with van der Waals surface area (Å²) in [6.45, 7) is -0.00778. The summed E-state index contributed by atoms with van der Waals surface area (Å²) in [4.78, 5) is 25.8. The smallest absolute Gasteiger partial charge is 0.200 e. The van der Waals surface area contributed by atoms with Crippen molar-refractivity contribution in [1.82, 2.24) is 4.57 Å². The van der Waals surface area contributed by atoms with Crippen molar-refractivity contribution in [1.29, 1.82) is 0 Å². The maximum Gasteiger partial charge on any atom is 0.200 e. The van der Waals surface area contributed by atoms with Gasteiger partial charge in [0.15, 0.2) is 11.6 Å². The van der Waals surface area contributed by atoms with Gasteiger partial charge in [-0.25, -0.2) is 13.2 Å². The lowest BCUT2D eigenvalue weighted by Crippen LogP contribution is -2.21. The predicted octanol–water partition coefficient (Wildman–Crippen LogP) is 4.70. The third kappa shape index (κ3) is 3.57. The van der Waals surface area contributed by atoms with E-state index in [-0.39, 0.29) is 28.6 Å². The van der Waals surface area contributed by atoms with Gasteiger partial charge in [0, 0.05) is 24.4 Å². The average molecular weight is 393 g/mol. The molecule has 0 saturated heterocycles. The molecule has 0 bridgehead atoms. The SMILES string of the molecule is O=C(c1ccccc1)c1cn(Cc2cccc(F)c2)c2c(F)cc(F)cc2c1=O. The number of halogens is 3. The largest absolute Gasteiger partial charge is 0.340 e. The van der Waals surface area contributed by atoms with Gasteiger partial charge in [-0.1, -0.05) is 42.5 Å². The Labute approximate surface area is 163 Å². The highest BCUT2D eigenvalue weighted by atomic mass is 19.1. The van der Waals surface area contributed by atoms with E-state index >= 15 is 0 Å². The minimum absolute atomic E-state index is 0.00778. The molecule has 6 heteroatoms. The van der Waals surface area contributed by atoms with E-state index in [1.165, 1.54) is 29.0 Å². The van der Waals surface area contributed by atoms with E-state index in [0.717, 1.165) is 6.07 Å². The van der Waals surface area contributed by atoms with E-state index in [2.05, 4.69) is 0 Å². The molecule has 0 saturated carbocycles. The summed E-state index contributed by atoms with van der Waals surface area (Å²) >= 11 is 0. The lowest BCUT2D eigenvalue weighted by molar-refractivity contribution is 0.103. The van der Waals surface area contributed by atoms with Crippen LogP contribution in [0.1, 0.15) is 21.5 Å². The average Bonchev–Trinajstić information content (AvgIpc) is 2.70. The molecule has 3 nitrogen and oxygen atoms in total. The van der Waals surface area contributed by atoms with Gasteiger partial charge in [0.2, 0.25) is 5.43 Å². The molecular formula is C23H14F3NO2. The Morgan fingerprint density at radius 2 is 1.62 bits per heavy atom. The molecule has 0 unspecified atom stereocenters.